The fraction of sp³-hybridized carbons (Fsp3) is 0.750. The third-order valence-electron chi connectivity index (χ3n) is 2.48. The molecular weight excluding hydrogens is 220 g/mol. The van der Waals surface area contributed by atoms with Gasteiger partial charge in [-0.25, -0.2) is 0 Å². The van der Waals surface area contributed by atoms with E-state index in [-0.39, 0.29) is 6.23 Å². The monoisotopic (exact) mass is 232 g/mol. The summed E-state index contributed by atoms with van der Waals surface area (Å²) >= 11 is 3.58. The van der Waals surface area contributed by atoms with E-state index >= 15 is 0 Å². The van der Waals surface area contributed by atoms with Crippen LogP contribution in [0, 0.1) is 5.92 Å². The van der Waals surface area contributed by atoms with E-state index in [9.17, 15) is 0 Å². The third kappa shape index (κ3) is 1.44. The first-order chi connectivity index (χ1) is 5.81. The molecule has 0 spiro atoms. The zero-order chi connectivity index (χ0) is 8.55. The first kappa shape index (κ1) is 8.69. The van der Waals surface area contributed by atoms with Gasteiger partial charge < -0.3 is 10.1 Å². The Balaban J connectivity index is 2.13. The Kier molecular flexibility index (Phi) is 2.50. The molecule has 1 saturated heterocycles. The zero-order valence-electron chi connectivity index (χ0n) is 7.01. The number of hydrogen-bond acceptors (Lipinski definition) is 3. The predicted molar refractivity (Wildman–Crippen MR) is 50.8 cm³/mol. The summed E-state index contributed by atoms with van der Waals surface area (Å²) in [4.78, 5) is 0. The molecule has 0 aromatic heterocycles. The molecule has 3 nitrogen and oxygen atoms in total. The van der Waals surface area contributed by atoms with Crippen LogP contribution in [0.25, 0.3) is 0 Å². The SMILES string of the molecule is COC1C=C(Br)C2CCNC2N1. The maximum absolute atomic E-state index is 5.21. The molecule has 2 heterocycles. The molecule has 2 aliphatic heterocycles. The number of methoxy groups -OCH3 is 1. The topological polar surface area (TPSA) is 33.3 Å². The molecular formula is C8H13BrN2O. The van der Waals surface area contributed by atoms with Gasteiger partial charge in [0.15, 0.2) is 0 Å². The molecule has 2 rings (SSSR count). The summed E-state index contributed by atoms with van der Waals surface area (Å²) in [7, 11) is 1.71. The molecule has 3 atom stereocenters. The third-order valence-corrected chi connectivity index (χ3v) is 3.34. The van der Waals surface area contributed by atoms with Crippen LogP contribution in [0.4, 0.5) is 0 Å². The Morgan fingerprint density at radius 3 is 3.25 bits per heavy atom. The van der Waals surface area contributed by atoms with Crippen molar-refractivity contribution in [3.8, 4) is 0 Å². The minimum Gasteiger partial charge on any atom is -0.363 e. The van der Waals surface area contributed by atoms with E-state index in [1.807, 2.05) is 0 Å². The van der Waals surface area contributed by atoms with Crippen molar-refractivity contribution in [3.05, 3.63) is 10.6 Å². The number of fused-ring (bicyclic) bond motifs is 1. The number of ether oxygens (including phenoxy) is 1. The standard InChI is InChI=1S/C8H13BrN2O/c1-12-7-4-6(9)5-2-3-10-8(5)11-7/h4-5,7-8,10-11H,2-3H2,1H3. The molecule has 2 N–H and O–H groups in total. The average molecular weight is 233 g/mol. The lowest BCUT2D eigenvalue weighted by Crippen LogP contribution is -2.50. The van der Waals surface area contributed by atoms with Gasteiger partial charge in [0, 0.05) is 17.5 Å². The van der Waals surface area contributed by atoms with Gasteiger partial charge in [0.05, 0.1) is 6.17 Å². The average Bonchev–Trinajstić information content (AvgIpc) is 2.52. The molecule has 3 unspecified atom stereocenters. The lowest BCUT2D eigenvalue weighted by molar-refractivity contribution is 0.0865. The molecule has 0 aliphatic carbocycles. The number of halogens is 1. The van der Waals surface area contributed by atoms with Crippen molar-refractivity contribution in [2.75, 3.05) is 13.7 Å². The smallest absolute Gasteiger partial charge is 0.129 e. The summed E-state index contributed by atoms with van der Waals surface area (Å²) in [5.74, 6) is 0.594. The minimum absolute atomic E-state index is 0.0474. The molecule has 4 heteroatoms. The summed E-state index contributed by atoms with van der Waals surface area (Å²) in [5, 5.41) is 6.75. The Hall–Kier alpha value is 0.1000. The van der Waals surface area contributed by atoms with Crippen molar-refractivity contribution < 1.29 is 4.74 Å². The maximum atomic E-state index is 5.21. The van der Waals surface area contributed by atoms with Gasteiger partial charge in [-0.2, -0.15) is 0 Å². The highest BCUT2D eigenvalue weighted by Crippen LogP contribution is 2.30. The highest BCUT2D eigenvalue weighted by Gasteiger charge is 2.33. The Bertz CT molecular complexity index is 207. The Morgan fingerprint density at radius 1 is 1.67 bits per heavy atom. The second kappa shape index (κ2) is 3.46. The van der Waals surface area contributed by atoms with E-state index in [0.717, 1.165) is 6.54 Å². The normalized spacial score (nSPS) is 40.8. The predicted octanol–water partition coefficient (Wildman–Crippen LogP) is 0.776. The van der Waals surface area contributed by atoms with E-state index in [0.29, 0.717) is 12.1 Å². The quantitative estimate of drug-likeness (QED) is 0.702. The number of hydrogen-bond donors (Lipinski definition) is 2. The molecule has 0 saturated carbocycles. The van der Waals surface area contributed by atoms with E-state index < -0.39 is 0 Å². The fourth-order valence-electron chi connectivity index (χ4n) is 1.80. The highest BCUT2D eigenvalue weighted by atomic mass is 79.9. The van der Waals surface area contributed by atoms with Gasteiger partial charge in [0.1, 0.15) is 6.23 Å². The molecule has 0 aromatic rings. The maximum Gasteiger partial charge on any atom is 0.129 e. The van der Waals surface area contributed by atoms with E-state index in [1.54, 1.807) is 7.11 Å². The van der Waals surface area contributed by atoms with Crippen molar-refractivity contribution in [2.24, 2.45) is 5.92 Å². The molecule has 68 valence electrons. The molecule has 0 aromatic carbocycles. The van der Waals surface area contributed by atoms with Gasteiger partial charge in [-0.05, 0) is 19.0 Å². The lowest BCUT2D eigenvalue weighted by atomic mass is 10.0. The second-order valence-electron chi connectivity index (χ2n) is 3.20. The summed E-state index contributed by atoms with van der Waals surface area (Å²) in [6.07, 6.45) is 3.72. The van der Waals surface area contributed by atoms with Crippen molar-refractivity contribution in [3.63, 3.8) is 0 Å². The van der Waals surface area contributed by atoms with Gasteiger partial charge in [-0.3, -0.25) is 5.32 Å². The van der Waals surface area contributed by atoms with Crippen LogP contribution in [0.3, 0.4) is 0 Å². The van der Waals surface area contributed by atoms with E-state index in [4.69, 9.17) is 4.74 Å². The second-order valence-corrected chi connectivity index (χ2v) is 4.12. The number of rotatable bonds is 1. The van der Waals surface area contributed by atoms with Crippen LogP contribution in [-0.4, -0.2) is 26.0 Å². The summed E-state index contributed by atoms with van der Waals surface area (Å²) < 4.78 is 6.48. The van der Waals surface area contributed by atoms with Gasteiger partial charge in [-0.15, -0.1) is 0 Å². The van der Waals surface area contributed by atoms with Crippen LogP contribution in [0.5, 0.6) is 0 Å². The van der Waals surface area contributed by atoms with Crippen LogP contribution in [0.1, 0.15) is 6.42 Å². The first-order valence-electron chi connectivity index (χ1n) is 4.20. The largest absolute Gasteiger partial charge is 0.363 e. The Labute approximate surface area is 80.7 Å². The van der Waals surface area contributed by atoms with Crippen molar-refractivity contribution in [2.45, 2.75) is 18.8 Å². The van der Waals surface area contributed by atoms with Crippen LogP contribution < -0.4 is 10.6 Å². The van der Waals surface area contributed by atoms with E-state index in [2.05, 4.69) is 32.6 Å². The summed E-state index contributed by atoms with van der Waals surface area (Å²) in [6, 6.07) is 0. The minimum atomic E-state index is 0.0474. The molecule has 0 bridgehead atoms. The van der Waals surface area contributed by atoms with Crippen LogP contribution in [-0.2, 0) is 4.74 Å². The van der Waals surface area contributed by atoms with Gasteiger partial charge >= 0.3 is 0 Å². The van der Waals surface area contributed by atoms with Crippen LogP contribution in [0.2, 0.25) is 0 Å². The van der Waals surface area contributed by atoms with E-state index in [1.165, 1.54) is 10.9 Å². The summed E-state index contributed by atoms with van der Waals surface area (Å²) in [6.45, 7) is 1.09. The molecule has 2 aliphatic rings. The molecule has 1 fully saturated rings. The van der Waals surface area contributed by atoms with Crippen molar-refractivity contribution in [1.82, 2.24) is 10.6 Å². The molecule has 12 heavy (non-hydrogen) atoms. The first-order valence-corrected chi connectivity index (χ1v) is 5.00. The fourth-order valence-corrected chi connectivity index (χ4v) is 2.54. The van der Waals surface area contributed by atoms with Crippen LogP contribution in [0.15, 0.2) is 10.6 Å². The number of nitrogens with one attached hydrogen (secondary N) is 2. The molecule has 0 amide bonds. The van der Waals surface area contributed by atoms with Gasteiger partial charge in [0.25, 0.3) is 0 Å². The van der Waals surface area contributed by atoms with Gasteiger partial charge in [0.2, 0.25) is 0 Å². The zero-order valence-corrected chi connectivity index (χ0v) is 8.60. The van der Waals surface area contributed by atoms with Gasteiger partial charge in [-0.1, -0.05) is 15.9 Å². The summed E-state index contributed by atoms with van der Waals surface area (Å²) in [5.41, 5.74) is 0. The van der Waals surface area contributed by atoms with Crippen molar-refractivity contribution in [1.29, 1.82) is 0 Å². The Morgan fingerprint density at radius 2 is 2.50 bits per heavy atom. The highest BCUT2D eigenvalue weighted by molar-refractivity contribution is 9.11. The lowest BCUT2D eigenvalue weighted by Gasteiger charge is -2.29. The van der Waals surface area contributed by atoms with Crippen LogP contribution >= 0.6 is 15.9 Å². The van der Waals surface area contributed by atoms with Crippen molar-refractivity contribution >= 4 is 15.9 Å². The molecule has 0 radical (unpaired) electrons.